The fraction of sp³-hybridized carbons (Fsp3) is 0.333. The van der Waals surface area contributed by atoms with E-state index in [0.717, 1.165) is 21.6 Å². The maximum absolute atomic E-state index is 13.1. The highest BCUT2D eigenvalue weighted by molar-refractivity contribution is 7.22. The number of likely N-dealkylation sites (N-methyl/N-ethyl adjacent to an activating group) is 1. The van der Waals surface area contributed by atoms with Gasteiger partial charge in [0.2, 0.25) is 0 Å². The van der Waals surface area contributed by atoms with E-state index < -0.39 is 4.92 Å². The normalized spacial score (nSPS) is 11.2. The molecule has 0 saturated carbocycles. The Morgan fingerprint density at radius 1 is 1.21 bits per heavy atom. The first-order valence-electron chi connectivity index (χ1n) is 8.46. The number of anilines is 1. The zero-order chi connectivity index (χ0) is 20.4. The van der Waals surface area contributed by atoms with Crippen LogP contribution in [-0.4, -0.2) is 55.0 Å². The lowest BCUT2D eigenvalue weighted by Gasteiger charge is -2.21. The molecule has 0 aliphatic heterocycles. The number of aromatic nitrogens is 1. The summed E-state index contributed by atoms with van der Waals surface area (Å²) in [6, 6.07) is 6.66. The molecular weight excluding hydrogens is 400 g/mol. The SMILES string of the molecule is COc1ccc(C)c2sc(N(CCN(C)C)C(=O)c3ccc([N+](=O)[O-])s3)nc12. The van der Waals surface area contributed by atoms with Gasteiger partial charge >= 0.3 is 5.00 Å². The summed E-state index contributed by atoms with van der Waals surface area (Å²) in [6.45, 7) is 3.03. The van der Waals surface area contributed by atoms with Crippen LogP contribution in [0.2, 0.25) is 0 Å². The number of carbonyl (C=O) groups excluding carboxylic acids is 1. The summed E-state index contributed by atoms with van der Waals surface area (Å²) in [5.74, 6) is 0.352. The van der Waals surface area contributed by atoms with Crippen LogP contribution in [0.4, 0.5) is 10.1 Å². The van der Waals surface area contributed by atoms with E-state index in [0.29, 0.717) is 34.4 Å². The molecular formula is C18H20N4O4S2. The Labute approximate surface area is 170 Å². The van der Waals surface area contributed by atoms with Crippen LogP contribution in [0, 0.1) is 17.0 Å². The molecule has 148 valence electrons. The fourth-order valence-corrected chi connectivity index (χ4v) is 4.48. The van der Waals surface area contributed by atoms with Crippen molar-refractivity contribution < 1.29 is 14.5 Å². The molecule has 0 bridgehead atoms. The van der Waals surface area contributed by atoms with Crippen molar-refractivity contribution in [1.29, 1.82) is 0 Å². The average molecular weight is 421 g/mol. The number of methoxy groups -OCH3 is 1. The molecule has 0 fully saturated rings. The Morgan fingerprint density at radius 2 is 1.96 bits per heavy atom. The molecule has 28 heavy (non-hydrogen) atoms. The molecule has 10 heteroatoms. The molecule has 0 spiro atoms. The number of rotatable bonds is 7. The van der Waals surface area contributed by atoms with Gasteiger partial charge < -0.3 is 9.64 Å². The second-order valence-corrected chi connectivity index (χ2v) is 8.45. The van der Waals surface area contributed by atoms with Gasteiger partial charge in [0.15, 0.2) is 5.13 Å². The van der Waals surface area contributed by atoms with Gasteiger partial charge in [-0.1, -0.05) is 28.7 Å². The number of nitrogens with zero attached hydrogens (tertiary/aromatic N) is 4. The first-order chi connectivity index (χ1) is 13.3. The minimum Gasteiger partial charge on any atom is -0.494 e. The van der Waals surface area contributed by atoms with E-state index in [-0.39, 0.29) is 10.9 Å². The van der Waals surface area contributed by atoms with Gasteiger partial charge in [-0.3, -0.25) is 19.8 Å². The van der Waals surface area contributed by atoms with E-state index >= 15 is 0 Å². The number of ether oxygens (including phenoxy) is 1. The zero-order valence-corrected chi connectivity index (χ0v) is 17.6. The molecule has 1 amide bonds. The third-order valence-electron chi connectivity index (χ3n) is 4.14. The maximum atomic E-state index is 13.1. The summed E-state index contributed by atoms with van der Waals surface area (Å²) in [5, 5.41) is 11.5. The number of hydrogen-bond acceptors (Lipinski definition) is 8. The fourth-order valence-electron chi connectivity index (χ4n) is 2.64. The Balaban J connectivity index is 2.04. The van der Waals surface area contributed by atoms with Gasteiger partial charge in [-0.25, -0.2) is 4.98 Å². The second-order valence-electron chi connectivity index (χ2n) is 6.41. The largest absolute Gasteiger partial charge is 0.494 e. The van der Waals surface area contributed by atoms with E-state index in [2.05, 4.69) is 4.98 Å². The highest BCUT2D eigenvalue weighted by Crippen LogP contribution is 2.37. The lowest BCUT2D eigenvalue weighted by Crippen LogP contribution is -2.36. The quantitative estimate of drug-likeness (QED) is 0.427. The lowest BCUT2D eigenvalue weighted by atomic mass is 10.2. The van der Waals surface area contributed by atoms with Gasteiger partial charge in [-0.2, -0.15) is 0 Å². The molecule has 8 nitrogen and oxygen atoms in total. The number of thiophene rings is 1. The maximum Gasteiger partial charge on any atom is 0.324 e. The molecule has 2 heterocycles. The van der Waals surface area contributed by atoms with E-state index in [1.165, 1.54) is 23.5 Å². The standard InChI is InChI=1S/C18H20N4O4S2/c1-11-5-6-12(26-4)15-16(11)28-18(19-15)21(10-9-20(2)3)17(23)13-7-8-14(27-13)22(24)25/h5-8H,9-10H2,1-4H3. The van der Waals surface area contributed by atoms with Gasteiger partial charge in [0, 0.05) is 19.2 Å². The zero-order valence-electron chi connectivity index (χ0n) is 16.0. The van der Waals surface area contributed by atoms with Crippen molar-refractivity contribution in [1.82, 2.24) is 9.88 Å². The van der Waals surface area contributed by atoms with Crippen molar-refractivity contribution in [2.75, 3.05) is 39.2 Å². The summed E-state index contributed by atoms with van der Waals surface area (Å²) >= 11 is 2.29. The van der Waals surface area contributed by atoms with Gasteiger partial charge in [0.25, 0.3) is 5.91 Å². The number of benzene rings is 1. The van der Waals surface area contributed by atoms with Crippen LogP contribution in [0.25, 0.3) is 10.2 Å². The Morgan fingerprint density at radius 3 is 2.57 bits per heavy atom. The molecule has 0 saturated heterocycles. The highest BCUT2D eigenvalue weighted by Gasteiger charge is 2.25. The molecule has 0 atom stereocenters. The molecule has 3 rings (SSSR count). The summed E-state index contributed by atoms with van der Waals surface area (Å²) < 4.78 is 6.36. The lowest BCUT2D eigenvalue weighted by molar-refractivity contribution is -0.380. The first kappa shape index (κ1) is 20.2. The number of carbonyl (C=O) groups is 1. The number of hydrogen-bond donors (Lipinski definition) is 0. The number of amides is 1. The van der Waals surface area contributed by atoms with E-state index in [9.17, 15) is 14.9 Å². The minimum atomic E-state index is -0.489. The molecule has 0 unspecified atom stereocenters. The Bertz CT molecular complexity index is 1030. The number of thiazole rings is 1. The number of aryl methyl sites for hydroxylation is 1. The Hall–Kier alpha value is -2.56. The van der Waals surface area contributed by atoms with Crippen LogP contribution in [0.3, 0.4) is 0 Å². The topological polar surface area (TPSA) is 88.8 Å². The smallest absolute Gasteiger partial charge is 0.324 e. The second kappa shape index (κ2) is 8.21. The van der Waals surface area contributed by atoms with Crippen molar-refractivity contribution in [2.24, 2.45) is 0 Å². The van der Waals surface area contributed by atoms with Crippen LogP contribution in [0.15, 0.2) is 24.3 Å². The minimum absolute atomic E-state index is 0.0577. The van der Waals surface area contributed by atoms with Crippen LogP contribution >= 0.6 is 22.7 Å². The predicted molar refractivity (Wildman–Crippen MR) is 112 cm³/mol. The predicted octanol–water partition coefficient (Wildman–Crippen LogP) is 3.79. The van der Waals surface area contributed by atoms with E-state index in [1.807, 2.05) is 38.1 Å². The van der Waals surface area contributed by atoms with Crippen LogP contribution in [0.5, 0.6) is 5.75 Å². The van der Waals surface area contributed by atoms with Crippen molar-refractivity contribution in [3.05, 3.63) is 44.8 Å². The van der Waals surface area contributed by atoms with Crippen LogP contribution in [0.1, 0.15) is 15.2 Å². The van der Waals surface area contributed by atoms with Gasteiger partial charge in [0.05, 0.1) is 21.6 Å². The number of nitro groups is 1. The molecule has 3 aromatic rings. The summed E-state index contributed by atoms with van der Waals surface area (Å²) in [6.07, 6.45) is 0. The highest BCUT2D eigenvalue weighted by atomic mass is 32.1. The summed E-state index contributed by atoms with van der Waals surface area (Å²) in [7, 11) is 5.43. The third-order valence-corrected chi connectivity index (χ3v) is 6.38. The first-order valence-corrected chi connectivity index (χ1v) is 10.1. The van der Waals surface area contributed by atoms with Crippen LogP contribution in [-0.2, 0) is 0 Å². The molecule has 2 aromatic heterocycles. The average Bonchev–Trinajstić information content (AvgIpc) is 3.30. The van der Waals surface area contributed by atoms with Crippen molar-refractivity contribution in [3.8, 4) is 5.75 Å². The van der Waals surface area contributed by atoms with Gasteiger partial charge in [-0.15, -0.1) is 0 Å². The summed E-state index contributed by atoms with van der Waals surface area (Å²) in [5.41, 5.74) is 1.76. The van der Waals surface area contributed by atoms with Gasteiger partial charge in [0.1, 0.15) is 11.3 Å². The van der Waals surface area contributed by atoms with Gasteiger partial charge in [-0.05, 0) is 38.7 Å². The molecule has 0 radical (unpaired) electrons. The van der Waals surface area contributed by atoms with Crippen molar-refractivity contribution in [2.45, 2.75) is 6.92 Å². The van der Waals surface area contributed by atoms with E-state index in [4.69, 9.17) is 4.74 Å². The third kappa shape index (κ3) is 3.98. The molecule has 0 aliphatic rings. The van der Waals surface area contributed by atoms with E-state index in [1.54, 1.807) is 12.0 Å². The van der Waals surface area contributed by atoms with Crippen LogP contribution < -0.4 is 9.64 Å². The molecule has 0 N–H and O–H groups in total. The Kier molecular flexibility index (Phi) is 5.92. The van der Waals surface area contributed by atoms with Crippen molar-refractivity contribution in [3.63, 3.8) is 0 Å². The van der Waals surface area contributed by atoms with Crippen molar-refractivity contribution >= 4 is 48.9 Å². The number of fused-ring (bicyclic) bond motifs is 1. The summed E-state index contributed by atoms with van der Waals surface area (Å²) in [4.78, 5) is 32.2. The molecule has 1 aromatic carbocycles. The molecule has 0 aliphatic carbocycles. The monoisotopic (exact) mass is 420 g/mol.